The molecule has 1 saturated carbocycles. The first-order chi connectivity index (χ1) is 7.34. The molecule has 1 N–H and O–H groups in total. The van der Waals surface area contributed by atoms with Gasteiger partial charge >= 0.3 is 0 Å². The first-order valence-electron chi connectivity index (χ1n) is 5.40. The van der Waals surface area contributed by atoms with Gasteiger partial charge in [-0.1, -0.05) is 6.07 Å². The third-order valence-electron chi connectivity index (χ3n) is 2.79. The molecule has 0 amide bonds. The molecule has 2 aromatic rings. The summed E-state index contributed by atoms with van der Waals surface area (Å²) in [7, 11) is 0. The van der Waals surface area contributed by atoms with Gasteiger partial charge in [0.2, 0.25) is 0 Å². The first-order valence-corrected chi connectivity index (χ1v) is 5.40. The lowest BCUT2D eigenvalue weighted by Crippen LogP contribution is -2.22. The van der Waals surface area contributed by atoms with Gasteiger partial charge in [-0.25, -0.2) is 0 Å². The van der Waals surface area contributed by atoms with Crippen molar-refractivity contribution in [2.75, 3.05) is 0 Å². The molecule has 78 valence electrons. The Morgan fingerprint density at radius 2 is 2.27 bits per heavy atom. The van der Waals surface area contributed by atoms with Crippen LogP contribution < -0.4 is 5.32 Å². The molecule has 0 saturated heterocycles. The zero-order valence-corrected chi connectivity index (χ0v) is 8.72. The molecule has 1 aliphatic rings. The summed E-state index contributed by atoms with van der Waals surface area (Å²) in [5.74, 6) is 0.998. The van der Waals surface area contributed by atoms with Crippen molar-refractivity contribution < 1.29 is 0 Å². The summed E-state index contributed by atoms with van der Waals surface area (Å²) in [5.41, 5.74) is 0.914. The molecule has 0 spiro atoms. The Hall–Kier alpha value is -1.42. The third-order valence-corrected chi connectivity index (χ3v) is 2.79. The monoisotopic (exact) mass is 202 g/mol. The van der Waals surface area contributed by atoms with E-state index in [4.69, 9.17) is 0 Å². The normalized spacial score (nSPS) is 18.2. The van der Waals surface area contributed by atoms with Gasteiger partial charge in [-0.2, -0.15) is 0 Å². The standard InChI is InChI=1S/C11H14N4/c1-8(12-9-5-6-9)11-14-13-10-4-2-3-7-15(10)11/h2-4,7-9,12H,5-6H2,1H3. The van der Waals surface area contributed by atoms with Crippen molar-refractivity contribution in [3.63, 3.8) is 0 Å². The van der Waals surface area contributed by atoms with E-state index in [9.17, 15) is 0 Å². The topological polar surface area (TPSA) is 42.2 Å². The van der Waals surface area contributed by atoms with Crippen LogP contribution in [0.25, 0.3) is 5.65 Å². The minimum absolute atomic E-state index is 0.273. The summed E-state index contributed by atoms with van der Waals surface area (Å²) in [6.07, 6.45) is 4.60. The minimum Gasteiger partial charge on any atom is -0.305 e. The summed E-state index contributed by atoms with van der Waals surface area (Å²) in [4.78, 5) is 0. The van der Waals surface area contributed by atoms with Crippen molar-refractivity contribution in [1.82, 2.24) is 19.9 Å². The van der Waals surface area contributed by atoms with Gasteiger partial charge in [0.1, 0.15) is 0 Å². The molecule has 0 radical (unpaired) electrons. The van der Waals surface area contributed by atoms with Gasteiger partial charge in [0.05, 0.1) is 6.04 Å². The van der Waals surface area contributed by atoms with Crippen LogP contribution in [0.5, 0.6) is 0 Å². The smallest absolute Gasteiger partial charge is 0.160 e. The molecule has 2 heterocycles. The summed E-state index contributed by atoms with van der Waals surface area (Å²) in [6.45, 7) is 2.14. The molecule has 3 rings (SSSR count). The van der Waals surface area contributed by atoms with Crippen molar-refractivity contribution >= 4 is 5.65 Å². The van der Waals surface area contributed by atoms with Crippen LogP contribution in [0.4, 0.5) is 0 Å². The number of hydrogen-bond acceptors (Lipinski definition) is 3. The summed E-state index contributed by atoms with van der Waals surface area (Å²) >= 11 is 0. The van der Waals surface area contributed by atoms with Gasteiger partial charge in [-0.15, -0.1) is 10.2 Å². The average Bonchev–Trinajstić information content (AvgIpc) is 2.96. The van der Waals surface area contributed by atoms with Gasteiger partial charge < -0.3 is 5.32 Å². The number of nitrogens with one attached hydrogen (secondary N) is 1. The third kappa shape index (κ3) is 1.61. The fraction of sp³-hybridized carbons (Fsp3) is 0.455. The number of nitrogens with zero attached hydrogens (tertiary/aromatic N) is 3. The second-order valence-electron chi connectivity index (χ2n) is 4.15. The van der Waals surface area contributed by atoms with Gasteiger partial charge in [0, 0.05) is 12.2 Å². The lowest BCUT2D eigenvalue weighted by Gasteiger charge is -2.10. The maximum atomic E-state index is 4.23. The molecule has 1 atom stereocenters. The fourth-order valence-corrected chi connectivity index (χ4v) is 1.83. The average molecular weight is 202 g/mol. The molecule has 4 nitrogen and oxygen atoms in total. The number of pyridine rings is 1. The number of aromatic nitrogens is 3. The van der Waals surface area contributed by atoms with E-state index in [0.29, 0.717) is 6.04 Å². The second-order valence-corrected chi connectivity index (χ2v) is 4.15. The number of rotatable bonds is 3. The van der Waals surface area contributed by atoms with E-state index in [2.05, 4.69) is 22.4 Å². The van der Waals surface area contributed by atoms with Gasteiger partial charge in [0.15, 0.2) is 11.5 Å². The van der Waals surface area contributed by atoms with Crippen LogP contribution in [0.15, 0.2) is 24.4 Å². The molecular formula is C11H14N4. The molecule has 1 unspecified atom stereocenters. The highest BCUT2D eigenvalue weighted by molar-refractivity contribution is 5.37. The Bertz CT molecular complexity index is 472. The van der Waals surface area contributed by atoms with E-state index in [1.165, 1.54) is 12.8 Å². The highest BCUT2D eigenvalue weighted by Gasteiger charge is 2.25. The Labute approximate surface area is 88.3 Å². The lowest BCUT2D eigenvalue weighted by molar-refractivity contribution is 0.538. The highest BCUT2D eigenvalue weighted by atomic mass is 15.3. The molecule has 1 aliphatic carbocycles. The second kappa shape index (κ2) is 3.31. The van der Waals surface area contributed by atoms with Crippen LogP contribution in [0.2, 0.25) is 0 Å². The van der Waals surface area contributed by atoms with E-state index in [1.807, 2.05) is 28.8 Å². The van der Waals surface area contributed by atoms with Gasteiger partial charge in [-0.3, -0.25) is 4.40 Å². The van der Waals surface area contributed by atoms with Gasteiger partial charge in [-0.05, 0) is 31.9 Å². The molecule has 0 bridgehead atoms. The minimum atomic E-state index is 0.273. The predicted octanol–water partition coefficient (Wildman–Crippen LogP) is 1.54. The first kappa shape index (κ1) is 8.85. The van der Waals surface area contributed by atoms with Crippen LogP contribution in [-0.2, 0) is 0 Å². The zero-order chi connectivity index (χ0) is 10.3. The molecule has 0 aliphatic heterocycles. The summed E-state index contributed by atoms with van der Waals surface area (Å²) in [5, 5.41) is 11.9. The van der Waals surface area contributed by atoms with Crippen molar-refractivity contribution in [1.29, 1.82) is 0 Å². The lowest BCUT2D eigenvalue weighted by atomic mass is 10.3. The molecule has 1 fully saturated rings. The van der Waals surface area contributed by atoms with E-state index in [-0.39, 0.29) is 6.04 Å². The quantitative estimate of drug-likeness (QED) is 0.821. The molecule has 4 heteroatoms. The Kier molecular flexibility index (Phi) is 1.95. The maximum Gasteiger partial charge on any atom is 0.160 e. The Morgan fingerprint density at radius 3 is 3.07 bits per heavy atom. The van der Waals surface area contributed by atoms with Crippen molar-refractivity contribution in [3.8, 4) is 0 Å². The Balaban J connectivity index is 1.95. The van der Waals surface area contributed by atoms with E-state index >= 15 is 0 Å². The summed E-state index contributed by atoms with van der Waals surface area (Å²) in [6, 6.07) is 6.92. The number of fused-ring (bicyclic) bond motifs is 1. The van der Waals surface area contributed by atoms with Gasteiger partial charge in [0.25, 0.3) is 0 Å². The van der Waals surface area contributed by atoms with E-state index < -0.39 is 0 Å². The number of hydrogen-bond donors (Lipinski definition) is 1. The Morgan fingerprint density at radius 1 is 1.40 bits per heavy atom. The van der Waals surface area contributed by atoms with Crippen molar-refractivity contribution in [2.45, 2.75) is 31.8 Å². The van der Waals surface area contributed by atoms with E-state index in [1.54, 1.807) is 0 Å². The van der Waals surface area contributed by atoms with Crippen molar-refractivity contribution in [3.05, 3.63) is 30.2 Å². The maximum absolute atomic E-state index is 4.23. The van der Waals surface area contributed by atoms with Crippen LogP contribution in [-0.4, -0.2) is 20.6 Å². The highest BCUT2D eigenvalue weighted by Crippen LogP contribution is 2.23. The molecule has 0 aromatic carbocycles. The summed E-state index contributed by atoms with van der Waals surface area (Å²) < 4.78 is 2.04. The van der Waals surface area contributed by atoms with Crippen LogP contribution in [0.3, 0.4) is 0 Å². The van der Waals surface area contributed by atoms with Crippen molar-refractivity contribution in [2.24, 2.45) is 0 Å². The zero-order valence-electron chi connectivity index (χ0n) is 8.72. The van der Waals surface area contributed by atoms with E-state index in [0.717, 1.165) is 11.5 Å². The molecule has 2 aromatic heterocycles. The van der Waals surface area contributed by atoms with Crippen LogP contribution in [0, 0.1) is 0 Å². The SMILES string of the molecule is CC(NC1CC1)c1nnc2ccccn12. The fourth-order valence-electron chi connectivity index (χ4n) is 1.83. The predicted molar refractivity (Wildman–Crippen MR) is 57.6 cm³/mol. The van der Waals surface area contributed by atoms with Crippen LogP contribution in [0.1, 0.15) is 31.6 Å². The van der Waals surface area contributed by atoms with Crippen LogP contribution >= 0.6 is 0 Å². The largest absolute Gasteiger partial charge is 0.305 e. The molecule has 15 heavy (non-hydrogen) atoms. The molecular weight excluding hydrogens is 188 g/mol.